The molecular formula is C22H17FN2O3. The monoisotopic (exact) mass is 376 g/mol. The molecule has 3 aromatic carbocycles. The zero-order valence-corrected chi connectivity index (χ0v) is 14.7. The summed E-state index contributed by atoms with van der Waals surface area (Å²) in [6.45, 7) is 0. The lowest BCUT2D eigenvalue weighted by molar-refractivity contribution is -0.113. The summed E-state index contributed by atoms with van der Waals surface area (Å²) in [6, 6.07) is 20.2. The molecule has 0 aromatic heterocycles. The number of hydrogen-bond donors (Lipinski definition) is 3. The van der Waals surface area contributed by atoms with Crippen molar-refractivity contribution in [2.75, 3.05) is 5.32 Å². The van der Waals surface area contributed by atoms with Gasteiger partial charge in [-0.05, 0) is 36.4 Å². The van der Waals surface area contributed by atoms with E-state index in [2.05, 4.69) is 10.6 Å². The number of halogens is 1. The Morgan fingerprint density at radius 1 is 0.893 bits per heavy atom. The van der Waals surface area contributed by atoms with Crippen LogP contribution in [0.1, 0.15) is 15.9 Å². The molecule has 3 N–H and O–H groups in total. The number of carbonyl (C=O) groups is 2. The normalized spacial score (nSPS) is 11.0. The van der Waals surface area contributed by atoms with E-state index in [1.807, 2.05) is 0 Å². The Hall–Kier alpha value is -3.93. The van der Waals surface area contributed by atoms with E-state index in [4.69, 9.17) is 0 Å². The summed E-state index contributed by atoms with van der Waals surface area (Å²) in [7, 11) is 0. The Morgan fingerprint density at radius 2 is 1.61 bits per heavy atom. The molecule has 0 unspecified atom stereocenters. The molecule has 3 rings (SSSR count). The Kier molecular flexibility index (Phi) is 5.81. The fourth-order valence-corrected chi connectivity index (χ4v) is 2.47. The first-order valence-corrected chi connectivity index (χ1v) is 8.46. The molecule has 28 heavy (non-hydrogen) atoms. The van der Waals surface area contributed by atoms with Crippen molar-refractivity contribution in [3.63, 3.8) is 0 Å². The average Bonchev–Trinajstić information content (AvgIpc) is 2.69. The number of aromatic hydroxyl groups is 1. The summed E-state index contributed by atoms with van der Waals surface area (Å²) in [6.07, 6.45) is 1.26. The summed E-state index contributed by atoms with van der Waals surface area (Å²) in [4.78, 5) is 25.2. The molecule has 0 aliphatic rings. The van der Waals surface area contributed by atoms with Crippen molar-refractivity contribution in [1.29, 1.82) is 0 Å². The second kappa shape index (κ2) is 8.64. The Balaban J connectivity index is 1.91. The van der Waals surface area contributed by atoms with Crippen LogP contribution in [0.25, 0.3) is 6.08 Å². The summed E-state index contributed by atoms with van der Waals surface area (Å²) < 4.78 is 14.0. The van der Waals surface area contributed by atoms with E-state index in [-0.39, 0.29) is 17.0 Å². The maximum Gasteiger partial charge on any atom is 0.272 e. The van der Waals surface area contributed by atoms with Gasteiger partial charge in [0.25, 0.3) is 11.8 Å². The standard InChI is InChI=1S/C22H17FN2O3/c23-19-12-5-4-9-16(19)13-20(25-21(27)15-7-2-1-3-8-15)22(28)24-17-10-6-11-18(26)14-17/h1-14,26H,(H,24,28)(H,25,27)/b20-13-. The van der Waals surface area contributed by atoms with Gasteiger partial charge in [-0.2, -0.15) is 0 Å². The van der Waals surface area contributed by atoms with Crippen LogP contribution in [-0.4, -0.2) is 16.9 Å². The summed E-state index contributed by atoms with van der Waals surface area (Å²) in [5.41, 5.74) is 0.699. The number of nitrogens with one attached hydrogen (secondary N) is 2. The average molecular weight is 376 g/mol. The maximum absolute atomic E-state index is 14.0. The van der Waals surface area contributed by atoms with Gasteiger partial charge in [0.2, 0.25) is 0 Å². The van der Waals surface area contributed by atoms with Crippen molar-refractivity contribution in [2.24, 2.45) is 0 Å². The van der Waals surface area contributed by atoms with E-state index in [0.717, 1.165) is 0 Å². The fourth-order valence-electron chi connectivity index (χ4n) is 2.47. The lowest BCUT2D eigenvalue weighted by atomic mass is 10.1. The molecular weight excluding hydrogens is 359 g/mol. The number of phenols is 1. The van der Waals surface area contributed by atoms with Gasteiger partial charge in [-0.3, -0.25) is 9.59 Å². The van der Waals surface area contributed by atoms with Gasteiger partial charge in [0.05, 0.1) is 0 Å². The molecule has 0 fully saturated rings. The number of anilines is 1. The highest BCUT2D eigenvalue weighted by molar-refractivity contribution is 6.10. The van der Waals surface area contributed by atoms with Gasteiger partial charge >= 0.3 is 0 Å². The van der Waals surface area contributed by atoms with Gasteiger partial charge in [0, 0.05) is 22.9 Å². The quantitative estimate of drug-likeness (QED) is 0.590. The lowest BCUT2D eigenvalue weighted by Crippen LogP contribution is -2.30. The van der Waals surface area contributed by atoms with E-state index in [1.165, 1.54) is 36.4 Å². The molecule has 0 heterocycles. The van der Waals surface area contributed by atoms with Crippen molar-refractivity contribution in [3.8, 4) is 5.75 Å². The molecule has 0 bridgehead atoms. The molecule has 3 aromatic rings. The minimum Gasteiger partial charge on any atom is -0.508 e. The van der Waals surface area contributed by atoms with Crippen LogP contribution in [0.5, 0.6) is 5.75 Å². The zero-order chi connectivity index (χ0) is 19.9. The van der Waals surface area contributed by atoms with Gasteiger partial charge in [0.15, 0.2) is 0 Å². The van der Waals surface area contributed by atoms with E-state index in [1.54, 1.807) is 48.5 Å². The molecule has 6 heteroatoms. The lowest BCUT2D eigenvalue weighted by Gasteiger charge is -2.12. The first-order valence-electron chi connectivity index (χ1n) is 8.46. The highest BCUT2D eigenvalue weighted by Crippen LogP contribution is 2.17. The number of hydrogen-bond acceptors (Lipinski definition) is 3. The molecule has 140 valence electrons. The fraction of sp³-hybridized carbons (Fsp3) is 0. The van der Waals surface area contributed by atoms with E-state index in [0.29, 0.717) is 11.3 Å². The van der Waals surface area contributed by atoms with Crippen molar-refractivity contribution in [1.82, 2.24) is 5.32 Å². The minimum absolute atomic E-state index is 0.0224. The topological polar surface area (TPSA) is 78.4 Å². The van der Waals surface area contributed by atoms with Crippen molar-refractivity contribution < 1.29 is 19.1 Å². The van der Waals surface area contributed by atoms with Gasteiger partial charge in [-0.15, -0.1) is 0 Å². The number of amides is 2. The first kappa shape index (κ1) is 18.8. The van der Waals surface area contributed by atoms with Crippen LogP contribution < -0.4 is 10.6 Å². The number of benzene rings is 3. The highest BCUT2D eigenvalue weighted by Gasteiger charge is 2.16. The van der Waals surface area contributed by atoms with Crippen LogP contribution in [-0.2, 0) is 4.79 Å². The number of rotatable bonds is 5. The summed E-state index contributed by atoms with van der Waals surface area (Å²) >= 11 is 0. The summed E-state index contributed by atoms with van der Waals surface area (Å²) in [5, 5.41) is 14.6. The number of carbonyl (C=O) groups excluding carboxylic acids is 2. The Morgan fingerprint density at radius 3 is 2.32 bits per heavy atom. The second-order valence-corrected chi connectivity index (χ2v) is 5.90. The van der Waals surface area contributed by atoms with E-state index < -0.39 is 17.6 Å². The third-order valence-electron chi connectivity index (χ3n) is 3.84. The van der Waals surface area contributed by atoms with E-state index in [9.17, 15) is 19.1 Å². The van der Waals surface area contributed by atoms with Crippen LogP contribution in [0, 0.1) is 5.82 Å². The van der Waals surface area contributed by atoms with Crippen molar-refractivity contribution in [2.45, 2.75) is 0 Å². The molecule has 0 radical (unpaired) electrons. The molecule has 0 aliphatic heterocycles. The van der Waals surface area contributed by atoms with Gasteiger partial charge < -0.3 is 15.7 Å². The summed E-state index contributed by atoms with van der Waals surface area (Å²) in [5.74, 6) is -1.71. The third kappa shape index (κ3) is 4.82. The molecule has 0 saturated heterocycles. The van der Waals surface area contributed by atoms with Gasteiger partial charge in [-0.1, -0.05) is 42.5 Å². The Bertz CT molecular complexity index is 1030. The molecule has 5 nitrogen and oxygen atoms in total. The van der Waals surface area contributed by atoms with Gasteiger partial charge in [-0.25, -0.2) is 4.39 Å². The van der Waals surface area contributed by atoms with Crippen molar-refractivity contribution >= 4 is 23.6 Å². The molecule has 0 saturated carbocycles. The maximum atomic E-state index is 14.0. The molecule has 0 spiro atoms. The third-order valence-corrected chi connectivity index (χ3v) is 3.84. The van der Waals surface area contributed by atoms with Crippen LogP contribution in [0.2, 0.25) is 0 Å². The molecule has 2 amide bonds. The second-order valence-electron chi connectivity index (χ2n) is 5.90. The molecule has 0 atom stereocenters. The van der Waals surface area contributed by atoms with Crippen LogP contribution in [0.15, 0.2) is 84.6 Å². The largest absolute Gasteiger partial charge is 0.508 e. The zero-order valence-electron chi connectivity index (χ0n) is 14.7. The van der Waals surface area contributed by atoms with Crippen LogP contribution in [0.4, 0.5) is 10.1 Å². The minimum atomic E-state index is -0.655. The molecule has 0 aliphatic carbocycles. The van der Waals surface area contributed by atoms with Crippen LogP contribution in [0.3, 0.4) is 0 Å². The SMILES string of the molecule is O=C(Nc1cccc(O)c1)/C(=C/c1ccccc1F)NC(=O)c1ccccc1. The predicted octanol–water partition coefficient (Wildman–Crippen LogP) is 3.94. The smallest absolute Gasteiger partial charge is 0.272 e. The van der Waals surface area contributed by atoms with Crippen LogP contribution >= 0.6 is 0 Å². The highest BCUT2D eigenvalue weighted by atomic mass is 19.1. The van der Waals surface area contributed by atoms with E-state index >= 15 is 0 Å². The Labute approximate surface area is 161 Å². The predicted molar refractivity (Wildman–Crippen MR) is 105 cm³/mol. The number of phenolic OH excluding ortho intramolecular Hbond substituents is 1. The van der Waals surface area contributed by atoms with Crippen molar-refractivity contribution in [3.05, 3.63) is 102 Å². The van der Waals surface area contributed by atoms with Gasteiger partial charge in [0.1, 0.15) is 17.3 Å². The first-order chi connectivity index (χ1) is 13.5.